The molecule has 1 aliphatic heterocycles. The normalized spacial score (nSPS) is 17.2. The quantitative estimate of drug-likeness (QED) is 0.268. The minimum Gasteiger partial charge on any atom is -0.506 e. The van der Waals surface area contributed by atoms with Gasteiger partial charge in [0.05, 0.1) is 35.9 Å². The number of aliphatic hydroxyl groups is 1. The Morgan fingerprint density at radius 2 is 1.56 bits per heavy atom. The Kier molecular flexibility index (Phi) is 6.55. The second kappa shape index (κ2) is 9.41. The van der Waals surface area contributed by atoms with E-state index < -0.39 is 23.5 Å². The molecule has 1 aliphatic rings. The first-order valence-corrected chi connectivity index (χ1v) is 11.1. The van der Waals surface area contributed by atoms with Crippen molar-refractivity contribution in [1.29, 1.82) is 0 Å². The molecule has 34 heavy (non-hydrogen) atoms. The van der Waals surface area contributed by atoms with E-state index in [2.05, 4.69) is 0 Å². The van der Waals surface area contributed by atoms with Gasteiger partial charge in [0, 0.05) is 5.69 Å². The van der Waals surface area contributed by atoms with Crippen LogP contribution >= 0.6 is 23.2 Å². The summed E-state index contributed by atoms with van der Waals surface area (Å²) in [5.41, 5.74) is 1.96. The van der Waals surface area contributed by atoms with Gasteiger partial charge < -0.3 is 14.6 Å². The van der Waals surface area contributed by atoms with Crippen molar-refractivity contribution in [3.05, 3.63) is 93.0 Å². The lowest BCUT2D eigenvalue weighted by Crippen LogP contribution is -2.29. The highest BCUT2D eigenvalue weighted by molar-refractivity contribution is 6.52. The van der Waals surface area contributed by atoms with Gasteiger partial charge in [-0.25, -0.2) is 0 Å². The molecule has 8 heteroatoms. The largest absolute Gasteiger partial charge is 0.506 e. The SMILES string of the molecule is COc1cccc(OC)c1/C(O)=C1\C(=O)C(=O)N(c2cccc(C)c2)C1c1ccc(Cl)c(Cl)c1. The minimum atomic E-state index is -0.966. The number of aryl methyl sites for hydroxylation is 1. The molecular weight excluding hydrogens is 477 g/mol. The lowest BCUT2D eigenvalue weighted by molar-refractivity contribution is -0.132. The minimum absolute atomic E-state index is 0.118. The number of carbonyl (C=O) groups is 2. The van der Waals surface area contributed by atoms with Crippen molar-refractivity contribution in [2.45, 2.75) is 13.0 Å². The van der Waals surface area contributed by atoms with E-state index in [1.807, 2.05) is 13.0 Å². The molecule has 0 spiro atoms. The first-order valence-electron chi connectivity index (χ1n) is 10.3. The molecule has 3 aromatic rings. The molecule has 0 aromatic heterocycles. The summed E-state index contributed by atoms with van der Waals surface area (Å²) in [5, 5.41) is 12.0. The molecule has 4 rings (SSSR count). The zero-order valence-electron chi connectivity index (χ0n) is 18.6. The predicted octanol–water partition coefficient (Wildman–Crippen LogP) is 5.95. The molecule has 1 N–H and O–H groups in total. The average Bonchev–Trinajstić information content (AvgIpc) is 3.10. The average molecular weight is 498 g/mol. The van der Waals surface area contributed by atoms with E-state index in [1.54, 1.807) is 54.6 Å². The van der Waals surface area contributed by atoms with Crippen LogP contribution < -0.4 is 14.4 Å². The summed E-state index contributed by atoms with van der Waals surface area (Å²) >= 11 is 12.4. The molecule has 1 amide bonds. The van der Waals surface area contributed by atoms with Gasteiger partial charge in [-0.05, 0) is 54.4 Å². The highest BCUT2D eigenvalue weighted by atomic mass is 35.5. The molecule has 174 valence electrons. The third kappa shape index (κ3) is 4.00. The Bertz CT molecular complexity index is 1310. The van der Waals surface area contributed by atoms with E-state index in [9.17, 15) is 14.7 Å². The smallest absolute Gasteiger partial charge is 0.300 e. The molecule has 1 atom stereocenters. The molecule has 3 aromatic carbocycles. The van der Waals surface area contributed by atoms with Crippen LogP contribution in [0.25, 0.3) is 5.76 Å². The Hall–Kier alpha value is -3.48. The number of rotatable bonds is 5. The third-order valence-electron chi connectivity index (χ3n) is 5.65. The number of amides is 1. The summed E-state index contributed by atoms with van der Waals surface area (Å²) in [5.74, 6) is -1.48. The number of benzene rings is 3. The van der Waals surface area contributed by atoms with Gasteiger partial charge in [-0.15, -0.1) is 0 Å². The lowest BCUT2D eigenvalue weighted by Gasteiger charge is -2.26. The molecule has 0 aliphatic carbocycles. The van der Waals surface area contributed by atoms with Gasteiger partial charge in [0.2, 0.25) is 0 Å². The van der Waals surface area contributed by atoms with Gasteiger partial charge >= 0.3 is 0 Å². The molecule has 1 fully saturated rings. The van der Waals surface area contributed by atoms with Gasteiger partial charge in [0.15, 0.2) is 0 Å². The topological polar surface area (TPSA) is 76.1 Å². The van der Waals surface area contributed by atoms with Crippen molar-refractivity contribution < 1.29 is 24.2 Å². The maximum atomic E-state index is 13.4. The Labute approximate surface area is 206 Å². The van der Waals surface area contributed by atoms with Crippen LogP contribution in [0.15, 0.2) is 66.2 Å². The van der Waals surface area contributed by atoms with Gasteiger partial charge in [-0.2, -0.15) is 0 Å². The van der Waals surface area contributed by atoms with Crippen LogP contribution in [0.4, 0.5) is 5.69 Å². The summed E-state index contributed by atoms with van der Waals surface area (Å²) in [7, 11) is 2.88. The van der Waals surface area contributed by atoms with Gasteiger partial charge in [0.25, 0.3) is 11.7 Å². The van der Waals surface area contributed by atoms with Gasteiger partial charge in [-0.1, -0.05) is 47.5 Å². The Morgan fingerprint density at radius 3 is 2.15 bits per heavy atom. The van der Waals surface area contributed by atoms with Crippen molar-refractivity contribution in [1.82, 2.24) is 0 Å². The number of halogens is 2. The Morgan fingerprint density at radius 1 is 0.912 bits per heavy atom. The van der Waals surface area contributed by atoms with Crippen LogP contribution in [0.3, 0.4) is 0 Å². The van der Waals surface area contributed by atoms with Crippen LogP contribution in [0.5, 0.6) is 11.5 Å². The first kappa shape index (κ1) is 23.7. The summed E-state index contributed by atoms with van der Waals surface area (Å²) in [6, 6.07) is 16.0. The standard InChI is InChI=1S/C26H21Cl2NO5/c1-14-6-4-7-16(12-14)29-23(15-10-11-17(27)18(28)13-15)22(25(31)26(29)32)24(30)21-19(33-2)8-5-9-20(21)34-3/h4-13,23,30H,1-3H3/b24-22+. The number of methoxy groups -OCH3 is 2. The van der Waals surface area contributed by atoms with Crippen molar-refractivity contribution in [2.75, 3.05) is 19.1 Å². The summed E-state index contributed by atoms with van der Waals surface area (Å²) < 4.78 is 10.8. The maximum Gasteiger partial charge on any atom is 0.300 e. The van der Waals surface area contributed by atoms with Gasteiger partial charge in [0.1, 0.15) is 22.8 Å². The molecule has 0 saturated carbocycles. The summed E-state index contributed by atoms with van der Waals surface area (Å²) in [6.45, 7) is 1.88. The van der Waals surface area contributed by atoms with Crippen molar-refractivity contribution >= 4 is 46.3 Å². The summed E-state index contributed by atoms with van der Waals surface area (Å²) in [6.07, 6.45) is 0. The number of aliphatic hydroxyl groups excluding tert-OH is 1. The second-order valence-corrected chi connectivity index (χ2v) is 8.53. The van der Waals surface area contributed by atoms with Crippen LogP contribution in [0, 0.1) is 6.92 Å². The van der Waals surface area contributed by atoms with E-state index in [4.69, 9.17) is 32.7 Å². The van der Waals surface area contributed by atoms with E-state index in [0.717, 1.165) is 5.56 Å². The van der Waals surface area contributed by atoms with E-state index >= 15 is 0 Å². The highest BCUT2D eigenvalue weighted by Gasteiger charge is 2.47. The lowest BCUT2D eigenvalue weighted by atomic mass is 9.94. The molecule has 1 saturated heterocycles. The number of ketones is 1. The van der Waals surface area contributed by atoms with E-state index in [1.165, 1.54) is 19.1 Å². The van der Waals surface area contributed by atoms with Crippen molar-refractivity contribution in [2.24, 2.45) is 0 Å². The monoisotopic (exact) mass is 497 g/mol. The van der Waals surface area contributed by atoms with E-state index in [0.29, 0.717) is 16.3 Å². The van der Waals surface area contributed by atoms with Crippen LogP contribution in [-0.2, 0) is 9.59 Å². The molecule has 0 radical (unpaired) electrons. The van der Waals surface area contributed by atoms with Crippen LogP contribution in [-0.4, -0.2) is 31.0 Å². The third-order valence-corrected chi connectivity index (χ3v) is 6.39. The number of anilines is 1. The molecule has 0 bridgehead atoms. The zero-order chi connectivity index (χ0) is 24.6. The number of hydrogen-bond donors (Lipinski definition) is 1. The molecule has 1 heterocycles. The van der Waals surface area contributed by atoms with Crippen LogP contribution in [0.1, 0.15) is 22.7 Å². The number of nitrogens with zero attached hydrogens (tertiary/aromatic N) is 1. The maximum absolute atomic E-state index is 13.4. The molecular formula is C26H21Cl2NO5. The number of ether oxygens (including phenoxy) is 2. The fraction of sp³-hybridized carbons (Fsp3) is 0.154. The molecule has 6 nitrogen and oxygen atoms in total. The van der Waals surface area contributed by atoms with E-state index in [-0.39, 0.29) is 27.7 Å². The highest BCUT2D eigenvalue weighted by Crippen LogP contribution is 2.46. The predicted molar refractivity (Wildman–Crippen MR) is 132 cm³/mol. The zero-order valence-corrected chi connectivity index (χ0v) is 20.1. The number of carbonyl (C=O) groups excluding carboxylic acids is 2. The van der Waals surface area contributed by atoms with Crippen LogP contribution in [0.2, 0.25) is 10.0 Å². The van der Waals surface area contributed by atoms with Crippen molar-refractivity contribution in [3.8, 4) is 11.5 Å². The fourth-order valence-corrected chi connectivity index (χ4v) is 4.40. The first-order chi connectivity index (χ1) is 16.3. The molecule has 1 unspecified atom stereocenters. The second-order valence-electron chi connectivity index (χ2n) is 7.72. The number of Topliss-reactive ketones (excluding diaryl/α,β-unsaturated/α-hetero) is 1. The van der Waals surface area contributed by atoms with Gasteiger partial charge in [-0.3, -0.25) is 14.5 Å². The van der Waals surface area contributed by atoms with Crippen molar-refractivity contribution in [3.63, 3.8) is 0 Å². The summed E-state index contributed by atoms with van der Waals surface area (Å²) in [4.78, 5) is 28.0. The Balaban J connectivity index is 2.04. The fourth-order valence-electron chi connectivity index (χ4n) is 4.09. The number of hydrogen-bond acceptors (Lipinski definition) is 5.